The van der Waals surface area contributed by atoms with Crippen LogP contribution >= 0.6 is 0 Å². The Morgan fingerprint density at radius 1 is 1.07 bits per heavy atom. The van der Waals surface area contributed by atoms with Crippen LogP contribution in [0.15, 0.2) is 55.1 Å². The van der Waals surface area contributed by atoms with Crippen molar-refractivity contribution in [3.8, 4) is 0 Å². The van der Waals surface area contributed by atoms with Crippen molar-refractivity contribution in [3.05, 3.63) is 77.9 Å². The van der Waals surface area contributed by atoms with Gasteiger partial charge in [-0.05, 0) is 37.1 Å². The normalized spacial score (nSPS) is 14.3. The van der Waals surface area contributed by atoms with Crippen LogP contribution in [0, 0.1) is 11.6 Å². The van der Waals surface area contributed by atoms with Gasteiger partial charge in [0, 0.05) is 43.0 Å². The summed E-state index contributed by atoms with van der Waals surface area (Å²) in [5.41, 5.74) is 1.40. The van der Waals surface area contributed by atoms with E-state index in [1.165, 1.54) is 0 Å². The van der Waals surface area contributed by atoms with Gasteiger partial charge < -0.3 is 15.5 Å². The number of halogens is 2. The third-order valence-corrected chi connectivity index (χ3v) is 4.85. The Morgan fingerprint density at radius 2 is 1.72 bits per heavy atom. The number of hydrogen-bond donors (Lipinski definition) is 2. The fourth-order valence-electron chi connectivity index (χ4n) is 3.42. The molecule has 0 aliphatic carbocycles. The molecule has 1 saturated heterocycles. The molecule has 0 aromatic heterocycles. The second kappa shape index (κ2) is 9.32. The molecule has 1 aliphatic rings. The van der Waals surface area contributed by atoms with E-state index < -0.39 is 17.5 Å². The van der Waals surface area contributed by atoms with E-state index in [2.05, 4.69) is 22.1 Å². The molecule has 7 heteroatoms. The lowest BCUT2D eigenvalue weighted by molar-refractivity contribution is 0.0929. The Bertz CT molecular complexity index is 888. The van der Waals surface area contributed by atoms with E-state index in [4.69, 9.17) is 0 Å². The zero-order valence-electron chi connectivity index (χ0n) is 16.0. The summed E-state index contributed by atoms with van der Waals surface area (Å²) in [4.78, 5) is 26.8. The average Bonchev–Trinajstić information content (AvgIpc) is 2.72. The van der Waals surface area contributed by atoms with Gasteiger partial charge in [-0.15, -0.1) is 6.58 Å². The molecule has 2 N–H and O–H groups in total. The fourth-order valence-corrected chi connectivity index (χ4v) is 3.42. The van der Waals surface area contributed by atoms with Crippen molar-refractivity contribution in [2.45, 2.75) is 18.9 Å². The second-order valence-electron chi connectivity index (χ2n) is 6.91. The number of nitrogens with one attached hydrogen (secondary N) is 2. The van der Waals surface area contributed by atoms with Crippen molar-refractivity contribution in [1.82, 2.24) is 10.6 Å². The first kappa shape index (κ1) is 20.5. The van der Waals surface area contributed by atoms with Crippen LogP contribution in [0.5, 0.6) is 0 Å². The largest absolute Gasteiger partial charge is 0.371 e. The lowest BCUT2D eigenvalue weighted by atomic mass is 10.0. The van der Waals surface area contributed by atoms with Gasteiger partial charge in [0.2, 0.25) is 0 Å². The van der Waals surface area contributed by atoms with E-state index >= 15 is 0 Å². The highest BCUT2D eigenvalue weighted by Crippen LogP contribution is 2.24. The van der Waals surface area contributed by atoms with E-state index in [-0.39, 0.29) is 17.5 Å². The van der Waals surface area contributed by atoms with E-state index in [0.29, 0.717) is 38.0 Å². The van der Waals surface area contributed by atoms with Crippen LogP contribution in [-0.2, 0) is 0 Å². The highest BCUT2D eigenvalue weighted by Gasteiger charge is 2.24. The summed E-state index contributed by atoms with van der Waals surface area (Å²) in [7, 11) is 0. The number of anilines is 1. The smallest absolute Gasteiger partial charge is 0.253 e. The molecule has 0 spiro atoms. The van der Waals surface area contributed by atoms with E-state index in [1.54, 1.807) is 12.1 Å². The molecule has 0 unspecified atom stereocenters. The van der Waals surface area contributed by atoms with Crippen LogP contribution in [-0.4, -0.2) is 37.5 Å². The summed E-state index contributed by atoms with van der Waals surface area (Å²) in [6, 6.07) is 10.0. The van der Waals surface area contributed by atoms with Crippen LogP contribution in [0.3, 0.4) is 0 Å². The van der Waals surface area contributed by atoms with Crippen LogP contribution < -0.4 is 15.5 Å². The zero-order chi connectivity index (χ0) is 20.8. The standard InChI is InChI=1S/C22H23F2N3O2/c1-2-9-25-22(29)19-5-3-4-6-20(19)27-10-7-18(8-11-27)26-21(28)15-12-16(23)14-17(24)13-15/h2-6,12-14,18H,1,7-11H2,(H,25,29)(H,26,28). The number of carbonyl (C=O) groups is 2. The van der Waals surface area contributed by atoms with Gasteiger partial charge in [0.05, 0.1) is 5.56 Å². The minimum Gasteiger partial charge on any atom is -0.371 e. The van der Waals surface area contributed by atoms with Gasteiger partial charge in [0.15, 0.2) is 0 Å². The minimum absolute atomic E-state index is 0.0332. The van der Waals surface area contributed by atoms with E-state index in [9.17, 15) is 18.4 Å². The first-order chi connectivity index (χ1) is 14.0. The third kappa shape index (κ3) is 5.19. The molecule has 5 nitrogen and oxygen atoms in total. The minimum atomic E-state index is -0.781. The number of rotatable bonds is 6. The molecule has 152 valence electrons. The molecule has 2 amide bonds. The second-order valence-corrected chi connectivity index (χ2v) is 6.91. The van der Waals surface area contributed by atoms with Crippen LogP contribution in [0.1, 0.15) is 33.6 Å². The summed E-state index contributed by atoms with van der Waals surface area (Å²) in [5, 5.41) is 5.63. The van der Waals surface area contributed by atoms with Crippen molar-refractivity contribution in [2.75, 3.05) is 24.5 Å². The predicted octanol–water partition coefficient (Wildman–Crippen LogP) is 3.28. The van der Waals surface area contributed by atoms with E-state index in [0.717, 1.165) is 23.9 Å². The molecule has 1 heterocycles. The molecule has 2 aromatic rings. The first-order valence-electron chi connectivity index (χ1n) is 9.48. The highest BCUT2D eigenvalue weighted by molar-refractivity contribution is 6.00. The summed E-state index contributed by atoms with van der Waals surface area (Å²) in [6.07, 6.45) is 2.94. The maximum atomic E-state index is 13.3. The molecular formula is C22H23F2N3O2. The average molecular weight is 399 g/mol. The monoisotopic (exact) mass is 399 g/mol. The maximum Gasteiger partial charge on any atom is 0.253 e. The Labute approximate surface area is 168 Å². The van der Waals surface area contributed by atoms with Gasteiger partial charge in [-0.1, -0.05) is 18.2 Å². The van der Waals surface area contributed by atoms with Crippen LogP contribution in [0.4, 0.5) is 14.5 Å². The Balaban J connectivity index is 1.62. The Morgan fingerprint density at radius 3 is 2.38 bits per heavy atom. The number of amides is 2. The van der Waals surface area contributed by atoms with Gasteiger partial charge in [-0.3, -0.25) is 9.59 Å². The predicted molar refractivity (Wildman–Crippen MR) is 108 cm³/mol. The van der Waals surface area contributed by atoms with Crippen LogP contribution in [0.25, 0.3) is 0 Å². The zero-order valence-corrected chi connectivity index (χ0v) is 16.0. The summed E-state index contributed by atoms with van der Waals surface area (Å²) >= 11 is 0. The topological polar surface area (TPSA) is 61.4 Å². The molecule has 0 radical (unpaired) electrons. The Hall–Kier alpha value is -3.22. The summed E-state index contributed by atoms with van der Waals surface area (Å²) < 4.78 is 26.6. The fraction of sp³-hybridized carbons (Fsp3) is 0.273. The van der Waals surface area contributed by atoms with E-state index in [1.807, 2.05) is 18.2 Å². The van der Waals surface area contributed by atoms with Gasteiger partial charge in [-0.2, -0.15) is 0 Å². The van der Waals surface area contributed by atoms with Crippen molar-refractivity contribution >= 4 is 17.5 Å². The summed E-state index contributed by atoms with van der Waals surface area (Å²) in [6.45, 7) is 5.29. The SMILES string of the molecule is C=CCNC(=O)c1ccccc1N1CCC(NC(=O)c2cc(F)cc(F)c2)CC1. The Kier molecular flexibility index (Phi) is 6.59. The summed E-state index contributed by atoms with van der Waals surface area (Å²) in [5.74, 6) is -2.22. The lowest BCUT2D eigenvalue weighted by Gasteiger charge is -2.35. The lowest BCUT2D eigenvalue weighted by Crippen LogP contribution is -2.45. The number of nitrogens with zero attached hydrogens (tertiary/aromatic N) is 1. The maximum absolute atomic E-state index is 13.3. The molecule has 29 heavy (non-hydrogen) atoms. The first-order valence-corrected chi connectivity index (χ1v) is 9.48. The molecule has 0 saturated carbocycles. The quantitative estimate of drug-likeness (QED) is 0.733. The van der Waals surface area contributed by atoms with Gasteiger partial charge in [0.25, 0.3) is 11.8 Å². The molecule has 2 aromatic carbocycles. The number of benzene rings is 2. The van der Waals surface area contributed by atoms with Crippen molar-refractivity contribution in [1.29, 1.82) is 0 Å². The number of para-hydroxylation sites is 1. The molecular weight excluding hydrogens is 376 g/mol. The number of hydrogen-bond acceptors (Lipinski definition) is 3. The van der Waals surface area contributed by atoms with Crippen molar-refractivity contribution in [3.63, 3.8) is 0 Å². The molecule has 0 atom stereocenters. The molecule has 1 fully saturated rings. The number of piperidine rings is 1. The van der Waals surface area contributed by atoms with Crippen molar-refractivity contribution < 1.29 is 18.4 Å². The third-order valence-electron chi connectivity index (χ3n) is 4.85. The van der Waals surface area contributed by atoms with Gasteiger partial charge in [-0.25, -0.2) is 8.78 Å². The highest BCUT2D eigenvalue weighted by atomic mass is 19.1. The molecule has 0 bridgehead atoms. The molecule has 3 rings (SSSR count). The van der Waals surface area contributed by atoms with Gasteiger partial charge in [0.1, 0.15) is 11.6 Å². The van der Waals surface area contributed by atoms with Crippen molar-refractivity contribution in [2.24, 2.45) is 0 Å². The number of carbonyl (C=O) groups excluding carboxylic acids is 2. The van der Waals surface area contributed by atoms with Gasteiger partial charge >= 0.3 is 0 Å². The van der Waals surface area contributed by atoms with Crippen LogP contribution in [0.2, 0.25) is 0 Å². The molecule has 1 aliphatic heterocycles.